The number of ether oxygens (including phenoxy) is 1. The molecule has 1 aromatic heterocycles. The zero-order valence-corrected chi connectivity index (χ0v) is 14.5. The van der Waals surface area contributed by atoms with Crippen LogP contribution < -0.4 is 4.74 Å². The first-order chi connectivity index (χ1) is 12.5. The summed E-state index contributed by atoms with van der Waals surface area (Å²) in [5.74, 6) is 0.775. The number of piperidine rings is 1. The van der Waals surface area contributed by atoms with Crippen LogP contribution in [0.4, 0.5) is 13.2 Å². The fourth-order valence-corrected chi connectivity index (χ4v) is 3.31. The van der Waals surface area contributed by atoms with Crippen LogP contribution in [0.5, 0.6) is 5.75 Å². The second kappa shape index (κ2) is 7.95. The number of rotatable bonds is 6. The molecule has 0 spiro atoms. The Hall–Kier alpha value is -2.28. The lowest BCUT2D eigenvalue weighted by Gasteiger charge is -2.33. The highest BCUT2D eigenvalue weighted by Gasteiger charge is 2.37. The number of halogens is 3. The maximum Gasteiger partial charge on any atom is 0.433 e. The average molecular weight is 365 g/mol. The van der Waals surface area contributed by atoms with Gasteiger partial charge in [0, 0.05) is 19.3 Å². The first kappa shape index (κ1) is 18.5. The summed E-state index contributed by atoms with van der Waals surface area (Å²) in [4.78, 5) is 2.18. The molecule has 1 aliphatic rings. The Labute approximate surface area is 150 Å². The molecule has 26 heavy (non-hydrogen) atoms. The van der Waals surface area contributed by atoms with Crippen LogP contribution >= 0.6 is 0 Å². The van der Waals surface area contributed by atoms with Crippen molar-refractivity contribution < 1.29 is 17.9 Å². The van der Waals surface area contributed by atoms with Gasteiger partial charge in [-0.05, 0) is 43.1 Å². The van der Waals surface area contributed by atoms with Gasteiger partial charge in [0.2, 0.25) is 0 Å². The topological polar surface area (TPSA) is 30.3 Å². The Morgan fingerprint density at radius 2 is 2.00 bits per heavy atom. The Bertz CT molecular complexity index is 724. The van der Waals surface area contributed by atoms with Crippen LogP contribution in [-0.2, 0) is 12.7 Å². The maximum absolute atomic E-state index is 13.1. The van der Waals surface area contributed by atoms with E-state index < -0.39 is 11.9 Å². The fraction of sp³-hybridized carbons (Fsp3) is 0.421. The molecule has 0 unspecified atom stereocenters. The molecule has 0 bridgehead atoms. The molecule has 2 aromatic rings. The van der Waals surface area contributed by atoms with Gasteiger partial charge in [0.05, 0.1) is 6.04 Å². The molecule has 1 saturated heterocycles. The Balaban J connectivity index is 1.64. The van der Waals surface area contributed by atoms with Crippen molar-refractivity contribution in [2.24, 2.45) is 0 Å². The van der Waals surface area contributed by atoms with Crippen LogP contribution in [-0.4, -0.2) is 34.4 Å². The summed E-state index contributed by atoms with van der Waals surface area (Å²) in [6, 6.07) is 8.55. The molecule has 3 rings (SSSR count). The predicted molar refractivity (Wildman–Crippen MR) is 92.9 cm³/mol. The molecule has 7 heteroatoms. The Morgan fingerprint density at radius 3 is 2.69 bits per heavy atom. The van der Waals surface area contributed by atoms with Gasteiger partial charge in [0.15, 0.2) is 0 Å². The normalized spacial score (nSPS) is 18.7. The summed E-state index contributed by atoms with van der Waals surface area (Å²) < 4.78 is 45.9. The smallest absolute Gasteiger partial charge is 0.433 e. The van der Waals surface area contributed by atoms with E-state index in [9.17, 15) is 13.2 Å². The zero-order valence-electron chi connectivity index (χ0n) is 14.5. The van der Waals surface area contributed by atoms with Gasteiger partial charge in [-0.25, -0.2) is 0 Å². The van der Waals surface area contributed by atoms with E-state index in [1.54, 1.807) is 6.08 Å². The minimum Gasteiger partial charge on any atom is -0.490 e. The van der Waals surface area contributed by atoms with Crippen LogP contribution in [0.25, 0.3) is 0 Å². The number of likely N-dealkylation sites (tertiary alicyclic amines) is 1. The van der Waals surface area contributed by atoms with E-state index in [-0.39, 0.29) is 6.04 Å². The van der Waals surface area contributed by atoms with Crippen molar-refractivity contribution in [1.29, 1.82) is 0 Å². The quantitative estimate of drug-likeness (QED) is 0.715. The number of benzene rings is 1. The highest BCUT2D eigenvalue weighted by Crippen LogP contribution is 2.33. The van der Waals surface area contributed by atoms with E-state index in [4.69, 9.17) is 4.74 Å². The van der Waals surface area contributed by atoms with Crippen molar-refractivity contribution in [3.63, 3.8) is 0 Å². The number of alkyl halides is 3. The van der Waals surface area contributed by atoms with Crippen LogP contribution in [0, 0.1) is 0 Å². The van der Waals surface area contributed by atoms with Gasteiger partial charge in [0.25, 0.3) is 0 Å². The van der Waals surface area contributed by atoms with Crippen LogP contribution in [0.2, 0.25) is 0 Å². The largest absolute Gasteiger partial charge is 0.490 e. The van der Waals surface area contributed by atoms with E-state index in [1.807, 2.05) is 24.3 Å². The van der Waals surface area contributed by atoms with Crippen molar-refractivity contribution in [3.8, 4) is 5.75 Å². The number of nitrogens with zero attached hydrogens (tertiary/aromatic N) is 3. The van der Waals surface area contributed by atoms with Gasteiger partial charge in [-0.1, -0.05) is 24.8 Å². The van der Waals surface area contributed by atoms with E-state index in [2.05, 4.69) is 16.6 Å². The summed E-state index contributed by atoms with van der Waals surface area (Å²) in [6.45, 7) is 6.19. The third-order valence-corrected chi connectivity index (χ3v) is 4.48. The second-order valence-corrected chi connectivity index (χ2v) is 6.43. The van der Waals surface area contributed by atoms with E-state index in [0.29, 0.717) is 26.1 Å². The molecule has 0 amide bonds. The molecule has 4 nitrogen and oxygen atoms in total. The molecule has 1 aliphatic heterocycles. The van der Waals surface area contributed by atoms with E-state index in [0.717, 1.165) is 35.0 Å². The molecule has 1 atom stereocenters. The molecule has 1 aromatic carbocycles. The number of aromatic nitrogens is 2. The van der Waals surface area contributed by atoms with E-state index in [1.165, 1.54) is 6.20 Å². The summed E-state index contributed by atoms with van der Waals surface area (Å²) in [6.07, 6.45) is 0.0913. The zero-order chi connectivity index (χ0) is 18.6. The van der Waals surface area contributed by atoms with Crippen molar-refractivity contribution in [1.82, 2.24) is 14.7 Å². The average Bonchev–Trinajstić information content (AvgIpc) is 3.12. The lowest BCUT2D eigenvalue weighted by molar-refractivity contribution is -0.145. The first-order valence-corrected chi connectivity index (χ1v) is 8.63. The fourth-order valence-electron chi connectivity index (χ4n) is 3.31. The molecule has 0 aliphatic carbocycles. The van der Waals surface area contributed by atoms with Crippen molar-refractivity contribution in [2.75, 3.05) is 19.7 Å². The predicted octanol–water partition coefficient (Wildman–Crippen LogP) is 4.30. The summed E-state index contributed by atoms with van der Waals surface area (Å²) in [5, 5.41) is 3.93. The Kier molecular flexibility index (Phi) is 5.66. The molecule has 0 N–H and O–H groups in total. The highest BCUT2D eigenvalue weighted by molar-refractivity contribution is 5.27. The lowest BCUT2D eigenvalue weighted by atomic mass is 10.0. The third kappa shape index (κ3) is 4.46. The molecule has 0 saturated carbocycles. The van der Waals surface area contributed by atoms with E-state index >= 15 is 0 Å². The monoisotopic (exact) mass is 365 g/mol. The number of hydrogen-bond acceptors (Lipinski definition) is 3. The van der Waals surface area contributed by atoms with Gasteiger partial charge in [-0.15, -0.1) is 0 Å². The minimum absolute atomic E-state index is 0.259. The minimum atomic E-state index is -4.37. The van der Waals surface area contributed by atoms with Crippen LogP contribution in [0.3, 0.4) is 0 Å². The maximum atomic E-state index is 13.1. The highest BCUT2D eigenvalue weighted by atomic mass is 19.4. The van der Waals surface area contributed by atoms with Crippen LogP contribution in [0.1, 0.15) is 30.1 Å². The van der Waals surface area contributed by atoms with Crippen molar-refractivity contribution in [2.45, 2.75) is 31.6 Å². The van der Waals surface area contributed by atoms with Gasteiger partial charge < -0.3 is 4.74 Å². The summed E-state index contributed by atoms with van der Waals surface area (Å²) >= 11 is 0. The molecule has 0 radical (unpaired) electrons. The molecule has 1 fully saturated rings. The summed E-state index contributed by atoms with van der Waals surface area (Å²) in [5.41, 5.74) is 0.432. The van der Waals surface area contributed by atoms with Gasteiger partial charge in [0.1, 0.15) is 18.1 Å². The molecule has 2 heterocycles. The SMILES string of the molecule is C=CCOc1ccc(CN2CCC[C@H](n3nccc3C(F)(F)F)C2)cc1. The lowest BCUT2D eigenvalue weighted by Crippen LogP contribution is -2.37. The van der Waals surface area contributed by atoms with Gasteiger partial charge in [-0.3, -0.25) is 9.58 Å². The Morgan fingerprint density at radius 1 is 1.23 bits per heavy atom. The summed E-state index contributed by atoms with van der Waals surface area (Å²) in [7, 11) is 0. The number of hydrogen-bond donors (Lipinski definition) is 0. The van der Waals surface area contributed by atoms with Crippen molar-refractivity contribution in [3.05, 3.63) is 60.4 Å². The molecular weight excluding hydrogens is 343 g/mol. The third-order valence-electron chi connectivity index (χ3n) is 4.48. The first-order valence-electron chi connectivity index (χ1n) is 8.63. The molecular formula is C19H22F3N3O. The van der Waals surface area contributed by atoms with Gasteiger partial charge in [-0.2, -0.15) is 18.3 Å². The standard InChI is InChI=1S/C19H22F3N3O/c1-2-12-26-17-7-5-15(6-8-17)13-24-11-3-4-16(14-24)25-18(9-10-23-25)19(20,21)22/h2,5-10,16H,1,3-4,11-14H2/t16-/m0/s1. The molecule has 140 valence electrons. The van der Waals surface area contributed by atoms with Gasteiger partial charge >= 0.3 is 6.18 Å². The second-order valence-electron chi connectivity index (χ2n) is 6.43. The van der Waals surface area contributed by atoms with Crippen molar-refractivity contribution >= 4 is 0 Å². The van der Waals surface area contributed by atoms with Crippen LogP contribution in [0.15, 0.2) is 49.2 Å².